The van der Waals surface area contributed by atoms with Gasteiger partial charge < -0.3 is 20.1 Å². The summed E-state index contributed by atoms with van der Waals surface area (Å²) in [5, 5.41) is 35.9. The number of aromatic hydroxyl groups is 2. The van der Waals surface area contributed by atoms with Gasteiger partial charge in [-0.25, -0.2) is 23.1 Å². The minimum absolute atomic E-state index is 0.139. The molecule has 3 N–H and O–H groups in total. The van der Waals surface area contributed by atoms with Crippen LogP contribution in [0.3, 0.4) is 0 Å². The Morgan fingerprint density at radius 1 is 0.902 bits per heavy atom. The van der Waals surface area contributed by atoms with Crippen molar-refractivity contribution in [2.75, 3.05) is 0 Å². The molecule has 0 spiro atoms. The zero-order chi connectivity index (χ0) is 29.6. The Balaban J connectivity index is 1.76. The van der Waals surface area contributed by atoms with Crippen molar-refractivity contribution in [1.29, 1.82) is 0 Å². The Hall–Kier alpha value is -4.83. The largest absolute Gasteiger partial charge is 0.507 e. The summed E-state index contributed by atoms with van der Waals surface area (Å²) in [6, 6.07) is 15.9. The fraction of sp³-hybridized carbons (Fsp3) is 0.194. The molecule has 0 fully saturated rings. The van der Waals surface area contributed by atoms with Gasteiger partial charge in [0, 0.05) is 46.1 Å². The lowest BCUT2D eigenvalue weighted by Crippen LogP contribution is -2.29. The first-order chi connectivity index (χ1) is 19.3. The second-order valence-electron chi connectivity index (χ2n) is 10.6. The van der Waals surface area contributed by atoms with E-state index >= 15 is 0 Å². The molecule has 10 heteroatoms. The van der Waals surface area contributed by atoms with E-state index in [1.54, 1.807) is 58.0 Å². The van der Waals surface area contributed by atoms with E-state index in [0.717, 1.165) is 18.2 Å². The molecule has 8 nitrogen and oxygen atoms in total. The third-order valence-electron chi connectivity index (χ3n) is 6.43. The summed E-state index contributed by atoms with van der Waals surface area (Å²) in [6.45, 7) is 6.79. The zero-order valence-corrected chi connectivity index (χ0v) is 22.7. The molecule has 3 aromatic carbocycles. The van der Waals surface area contributed by atoms with Crippen molar-refractivity contribution in [2.24, 2.45) is 0 Å². The number of benzene rings is 3. The highest BCUT2D eigenvalue weighted by atomic mass is 19.1. The van der Waals surface area contributed by atoms with Gasteiger partial charge in [0.25, 0.3) is 0 Å². The molecule has 2 aromatic heterocycles. The number of phenolic OH excluding ortho intramolecular Hbond substituents is 2. The van der Waals surface area contributed by atoms with Gasteiger partial charge in [-0.05, 0) is 63.6 Å². The molecule has 0 saturated carbocycles. The third kappa shape index (κ3) is 5.46. The van der Waals surface area contributed by atoms with Gasteiger partial charge in [0.05, 0.1) is 17.0 Å². The standard InChI is InChI=1S/C31H27F2N3O5/c1-16-27(29(30(39)40)41-31(2,3)4)28(22-11-9-20(33)14-25(22)38)36-26(34-16)15-23(35-36)18-7-5-6-17(12-18)21-10-8-19(32)13-24(21)37/h5-15,29,37-38H,1-4H3,(H,39,40). The minimum Gasteiger partial charge on any atom is -0.507 e. The first-order valence-corrected chi connectivity index (χ1v) is 12.7. The molecule has 2 heterocycles. The van der Waals surface area contributed by atoms with Crippen LogP contribution in [0.4, 0.5) is 8.78 Å². The van der Waals surface area contributed by atoms with Crippen LogP contribution in [0.15, 0.2) is 66.7 Å². The Kier molecular flexibility index (Phi) is 6.96. The van der Waals surface area contributed by atoms with E-state index < -0.39 is 35.1 Å². The number of rotatable bonds is 6. The summed E-state index contributed by atoms with van der Waals surface area (Å²) >= 11 is 0. The van der Waals surface area contributed by atoms with E-state index in [2.05, 4.69) is 4.98 Å². The van der Waals surface area contributed by atoms with Crippen LogP contribution < -0.4 is 0 Å². The summed E-state index contributed by atoms with van der Waals surface area (Å²) in [5.41, 5.74) is 2.40. The predicted molar refractivity (Wildman–Crippen MR) is 148 cm³/mol. The van der Waals surface area contributed by atoms with Gasteiger partial charge in [-0.1, -0.05) is 18.2 Å². The maximum atomic E-state index is 14.0. The number of carboxylic acids is 1. The van der Waals surface area contributed by atoms with Crippen LogP contribution >= 0.6 is 0 Å². The van der Waals surface area contributed by atoms with Crippen LogP contribution in [0.5, 0.6) is 11.5 Å². The lowest BCUT2D eigenvalue weighted by Gasteiger charge is -2.27. The molecule has 1 unspecified atom stereocenters. The van der Waals surface area contributed by atoms with Crippen molar-refractivity contribution in [3.05, 3.63) is 89.6 Å². The van der Waals surface area contributed by atoms with Crippen LogP contribution in [-0.4, -0.2) is 41.5 Å². The average molecular weight is 560 g/mol. The molecule has 0 aliphatic heterocycles. The molecule has 5 rings (SSSR count). The predicted octanol–water partition coefficient (Wildman–Crippen LogP) is 6.67. The lowest BCUT2D eigenvalue weighted by atomic mass is 9.98. The Labute approximate surface area is 234 Å². The number of phenols is 2. The number of ether oxygens (including phenoxy) is 1. The van der Waals surface area contributed by atoms with Crippen molar-refractivity contribution >= 4 is 11.6 Å². The van der Waals surface area contributed by atoms with E-state index in [9.17, 15) is 28.9 Å². The Morgan fingerprint density at radius 3 is 2.10 bits per heavy atom. The molecular weight excluding hydrogens is 532 g/mol. The highest BCUT2D eigenvalue weighted by Gasteiger charge is 2.34. The highest BCUT2D eigenvalue weighted by molar-refractivity contribution is 5.83. The van der Waals surface area contributed by atoms with Crippen LogP contribution in [-0.2, 0) is 9.53 Å². The van der Waals surface area contributed by atoms with Crippen molar-refractivity contribution < 1.29 is 33.6 Å². The van der Waals surface area contributed by atoms with Gasteiger partial charge in [0.2, 0.25) is 0 Å². The fourth-order valence-corrected chi connectivity index (χ4v) is 4.73. The summed E-state index contributed by atoms with van der Waals surface area (Å²) in [5.74, 6) is -3.13. The van der Waals surface area contributed by atoms with E-state index in [1.165, 1.54) is 22.7 Å². The smallest absolute Gasteiger partial charge is 0.337 e. The summed E-state index contributed by atoms with van der Waals surface area (Å²) in [7, 11) is 0. The number of aryl methyl sites for hydroxylation is 1. The van der Waals surface area contributed by atoms with Crippen LogP contribution in [0, 0.1) is 18.6 Å². The number of hydrogen-bond donors (Lipinski definition) is 3. The quantitative estimate of drug-likeness (QED) is 0.213. The molecule has 210 valence electrons. The average Bonchev–Trinajstić information content (AvgIpc) is 3.30. The maximum absolute atomic E-state index is 14.0. The summed E-state index contributed by atoms with van der Waals surface area (Å²) < 4.78 is 34.8. The molecule has 0 amide bonds. The van der Waals surface area contributed by atoms with Gasteiger partial charge >= 0.3 is 5.97 Å². The number of hydrogen-bond acceptors (Lipinski definition) is 6. The van der Waals surface area contributed by atoms with Gasteiger partial charge in [-0.3, -0.25) is 0 Å². The molecule has 0 saturated heterocycles. The maximum Gasteiger partial charge on any atom is 0.337 e. The van der Waals surface area contributed by atoms with Gasteiger partial charge in [-0.2, -0.15) is 5.10 Å². The summed E-state index contributed by atoms with van der Waals surface area (Å²) in [4.78, 5) is 17.1. The van der Waals surface area contributed by atoms with Gasteiger partial charge in [0.1, 0.15) is 23.1 Å². The van der Waals surface area contributed by atoms with Crippen LogP contribution in [0.1, 0.15) is 38.1 Å². The van der Waals surface area contributed by atoms with E-state index in [0.29, 0.717) is 33.7 Å². The number of aromatic nitrogens is 3. The van der Waals surface area contributed by atoms with Crippen LogP contribution in [0.2, 0.25) is 0 Å². The monoisotopic (exact) mass is 559 g/mol. The SMILES string of the molecule is Cc1nc2cc(-c3cccc(-c4ccc(F)cc4O)c3)nn2c(-c2ccc(F)cc2O)c1C(OC(C)(C)C)C(=O)O. The molecule has 0 aliphatic rings. The normalized spacial score (nSPS) is 12.5. The molecule has 0 bridgehead atoms. The van der Waals surface area contributed by atoms with E-state index in [1.807, 2.05) is 0 Å². The number of carbonyl (C=O) groups is 1. The fourth-order valence-electron chi connectivity index (χ4n) is 4.73. The third-order valence-corrected chi connectivity index (χ3v) is 6.43. The molecule has 41 heavy (non-hydrogen) atoms. The number of aliphatic carboxylic acids is 1. The van der Waals surface area contributed by atoms with Crippen molar-refractivity contribution in [3.63, 3.8) is 0 Å². The molecule has 1 atom stereocenters. The molecule has 0 radical (unpaired) electrons. The second kappa shape index (κ2) is 10.3. The number of nitrogens with zero attached hydrogens (tertiary/aromatic N) is 3. The first-order valence-electron chi connectivity index (χ1n) is 12.7. The lowest BCUT2D eigenvalue weighted by molar-refractivity contribution is -0.160. The van der Waals surface area contributed by atoms with Crippen molar-refractivity contribution in [1.82, 2.24) is 14.6 Å². The molecule has 5 aromatic rings. The number of carboxylic acid groups (broad SMARTS) is 1. The molecule has 0 aliphatic carbocycles. The van der Waals surface area contributed by atoms with E-state index in [-0.39, 0.29) is 22.6 Å². The van der Waals surface area contributed by atoms with Gasteiger partial charge in [0.15, 0.2) is 11.8 Å². The van der Waals surface area contributed by atoms with Gasteiger partial charge in [-0.15, -0.1) is 0 Å². The summed E-state index contributed by atoms with van der Waals surface area (Å²) in [6.07, 6.45) is -1.48. The minimum atomic E-state index is -1.48. The van der Waals surface area contributed by atoms with Crippen molar-refractivity contribution in [2.45, 2.75) is 39.4 Å². The van der Waals surface area contributed by atoms with E-state index in [4.69, 9.17) is 9.84 Å². The highest BCUT2D eigenvalue weighted by Crippen LogP contribution is 2.40. The second-order valence-corrected chi connectivity index (χ2v) is 10.6. The first kappa shape index (κ1) is 27.7. The zero-order valence-electron chi connectivity index (χ0n) is 22.7. The van der Waals surface area contributed by atoms with Crippen molar-refractivity contribution in [3.8, 4) is 45.1 Å². The molecular formula is C31H27F2N3O5. The Morgan fingerprint density at radius 2 is 1.51 bits per heavy atom. The number of halogens is 2. The number of fused-ring (bicyclic) bond motifs is 1. The topological polar surface area (TPSA) is 117 Å². The van der Waals surface area contributed by atoms with Crippen LogP contribution in [0.25, 0.3) is 39.3 Å². The Bertz CT molecular complexity index is 1810.